The third-order valence-electron chi connectivity index (χ3n) is 2.09. The first-order chi connectivity index (χ1) is 6.27. The van der Waals surface area contributed by atoms with Crippen LogP contribution in [0.4, 0.5) is 5.69 Å². The zero-order valence-electron chi connectivity index (χ0n) is 7.16. The van der Waals surface area contributed by atoms with Gasteiger partial charge in [-0.05, 0) is 25.0 Å². The van der Waals surface area contributed by atoms with Gasteiger partial charge in [0.2, 0.25) is 0 Å². The van der Waals surface area contributed by atoms with Gasteiger partial charge >= 0.3 is 5.97 Å². The lowest BCUT2D eigenvalue weighted by atomic mass is 10.2. The Hall–Kier alpha value is -1.51. The summed E-state index contributed by atoms with van der Waals surface area (Å²) < 4.78 is 0. The lowest BCUT2D eigenvalue weighted by Gasteiger charge is -2.07. The second-order valence-corrected chi connectivity index (χ2v) is 3.27. The molecule has 1 fully saturated rings. The average Bonchev–Trinajstić information content (AvgIpc) is 2.89. The van der Waals surface area contributed by atoms with Crippen molar-refractivity contribution < 1.29 is 9.90 Å². The summed E-state index contributed by atoms with van der Waals surface area (Å²) in [7, 11) is 0. The van der Waals surface area contributed by atoms with Crippen molar-refractivity contribution in [3.8, 4) is 0 Å². The summed E-state index contributed by atoms with van der Waals surface area (Å²) in [5.74, 6) is -0.872. The Morgan fingerprint density at radius 3 is 2.69 bits per heavy atom. The minimum absolute atomic E-state index is 0.356. The highest BCUT2D eigenvalue weighted by molar-refractivity contribution is 5.94. The lowest BCUT2D eigenvalue weighted by molar-refractivity contribution is 0.0698. The predicted octanol–water partition coefficient (Wildman–Crippen LogP) is 1.96. The molecule has 0 bridgehead atoms. The number of carbonyl (C=O) groups is 1. The number of carboxylic acids is 1. The molecule has 0 radical (unpaired) electrons. The maximum absolute atomic E-state index is 10.8. The van der Waals surface area contributed by atoms with Crippen molar-refractivity contribution in [2.24, 2.45) is 0 Å². The van der Waals surface area contributed by atoms with Crippen LogP contribution in [0.2, 0.25) is 0 Å². The van der Waals surface area contributed by atoms with E-state index in [0.717, 1.165) is 18.5 Å². The maximum atomic E-state index is 10.8. The van der Waals surface area contributed by atoms with Gasteiger partial charge in [0.1, 0.15) is 0 Å². The van der Waals surface area contributed by atoms with E-state index in [1.165, 1.54) is 0 Å². The van der Waals surface area contributed by atoms with Gasteiger partial charge in [0.25, 0.3) is 0 Å². The van der Waals surface area contributed by atoms with Gasteiger partial charge in [-0.3, -0.25) is 0 Å². The smallest absolute Gasteiger partial charge is 0.337 e. The molecule has 0 heterocycles. The van der Waals surface area contributed by atoms with Crippen molar-refractivity contribution in [2.75, 3.05) is 5.32 Å². The average molecular weight is 177 g/mol. The minimum atomic E-state index is -0.872. The Balaban J connectivity index is 2.25. The largest absolute Gasteiger partial charge is 0.478 e. The molecule has 0 saturated heterocycles. The highest BCUT2D eigenvalue weighted by atomic mass is 16.4. The normalized spacial score (nSPS) is 15.4. The second-order valence-electron chi connectivity index (χ2n) is 3.27. The van der Waals surface area contributed by atoms with Crippen molar-refractivity contribution in [2.45, 2.75) is 18.9 Å². The fourth-order valence-corrected chi connectivity index (χ4v) is 1.24. The molecule has 0 atom stereocenters. The van der Waals surface area contributed by atoms with Crippen molar-refractivity contribution in [1.82, 2.24) is 0 Å². The van der Waals surface area contributed by atoms with E-state index in [0.29, 0.717) is 11.6 Å². The zero-order chi connectivity index (χ0) is 9.26. The number of carboxylic acid groups (broad SMARTS) is 1. The Bertz CT molecular complexity index is 331. The molecule has 2 rings (SSSR count). The van der Waals surface area contributed by atoms with Crippen LogP contribution >= 0.6 is 0 Å². The number of hydrogen-bond donors (Lipinski definition) is 2. The van der Waals surface area contributed by atoms with Crippen LogP contribution in [0.15, 0.2) is 24.3 Å². The molecule has 2 N–H and O–H groups in total. The standard InChI is InChI=1S/C10H11NO2/c12-10(13)8-3-1-2-4-9(8)11-7-5-6-7/h1-4,7,11H,5-6H2,(H,12,13). The molecule has 1 saturated carbocycles. The van der Waals surface area contributed by atoms with Gasteiger partial charge in [-0.1, -0.05) is 12.1 Å². The van der Waals surface area contributed by atoms with E-state index in [4.69, 9.17) is 5.11 Å². The zero-order valence-corrected chi connectivity index (χ0v) is 7.16. The van der Waals surface area contributed by atoms with Gasteiger partial charge in [0, 0.05) is 11.7 Å². The summed E-state index contributed by atoms with van der Waals surface area (Å²) >= 11 is 0. The highest BCUT2D eigenvalue weighted by Gasteiger charge is 2.22. The molecule has 3 heteroatoms. The van der Waals surface area contributed by atoms with Gasteiger partial charge in [-0.2, -0.15) is 0 Å². The van der Waals surface area contributed by atoms with Crippen LogP contribution in [-0.2, 0) is 0 Å². The monoisotopic (exact) mass is 177 g/mol. The molecule has 1 aromatic carbocycles. The van der Waals surface area contributed by atoms with Crippen LogP contribution in [0.5, 0.6) is 0 Å². The van der Waals surface area contributed by atoms with Crippen molar-refractivity contribution in [3.05, 3.63) is 29.8 Å². The number of rotatable bonds is 3. The Morgan fingerprint density at radius 1 is 1.38 bits per heavy atom. The Kier molecular flexibility index (Phi) is 1.93. The van der Waals surface area contributed by atoms with E-state index < -0.39 is 5.97 Å². The summed E-state index contributed by atoms with van der Waals surface area (Å²) in [6, 6.07) is 7.49. The molecule has 0 unspecified atom stereocenters. The first kappa shape index (κ1) is 8.10. The molecular weight excluding hydrogens is 166 g/mol. The van der Waals surface area contributed by atoms with Crippen LogP contribution in [0.1, 0.15) is 23.2 Å². The number of aromatic carboxylic acids is 1. The Morgan fingerprint density at radius 2 is 2.08 bits per heavy atom. The predicted molar refractivity (Wildman–Crippen MR) is 50.0 cm³/mol. The molecule has 0 aliphatic heterocycles. The summed E-state index contributed by atoms with van der Waals surface area (Å²) in [6.45, 7) is 0. The van der Waals surface area contributed by atoms with E-state index in [-0.39, 0.29) is 0 Å². The summed E-state index contributed by atoms with van der Waals surface area (Å²) in [6.07, 6.45) is 2.29. The number of benzene rings is 1. The molecule has 1 aliphatic carbocycles. The van der Waals surface area contributed by atoms with Gasteiger partial charge < -0.3 is 10.4 Å². The third-order valence-corrected chi connectivity index (χ3v) is 2.09. The maximum Gasteiger partial charge on any atom is 0.337 e. The van der Waals surface area contributed by atoms with Crippen LogP contribution in [-0.4, -0.2) is 17.1 Å². The number of nitrogens with one attached hydrogen (secondary N) is 1. The van der Waals surface area contributed by atoms with Gasteiger partial charge in [-0.15, -0.1) is 0 Å². The molecular formula is C10H11NO2. The first-order valence-corrected chi connectivity index (χ1v) is 4.36. The summed E-state index contributed by atoms with van der Waals surface area (Å²) in [5.41, 5.74) is 1.09. The summed E-state index contributed by atoms with van der Waals surface area (Å²) in [4.78, 5) is 10.8. The fraction of sp³-hybridized carbons (Fsp3) is 0.300. The molecule has 3 nitrogen and oxygen atoms in total. The van der Waals surface area contributed by atoms with Gasteiger partial charge in [0.05, 0.1) is 5.56 Å². The van der Waals surface area contributed by atoms with E-state index in [2.05, 4.69) is 5.32 Å². The van der Waals surface area contributed by atoms with E-state index in [9.17, 15) is 4.79 Å². The van der Waals surface area contributed by atoms with Gasteiger partial charge in [-0.25, -0.2) is 4.79 Å². The Labute approximate surface area is 76.4 Å². The topological polar surface area (TPSA) is 49.3 Å². The molecule has 1 aliphatic rings. The molecule has 0 amide bonds. The SMILES string of the molecule is O=C(O)c1ccccc1NC1CC1. The molecule has 68 valence electrons. The van der Waals surface area contributed by atoms with E-state index in [1.54, 1.807) is 12.1 Å². The lowest BCUT2D eigenvalue weighted by Crippen LogP contribution is -2.07. The molecule has 0 aromatic heterocycles. The van der Waals surface area contributed by atoms with Crippen molar-refractivity contribution >= 4 is 11.7 Å². The fourth-order valence-electron chi connectivity index (χ4n) is 1.24. The number of para-hydroxylation sites is 1. The van der Waals surface area contributed by atoms with Crippen LogP contribution in [0.3, 0.4) is 0 Å². The summed E-state index contributed by atoms with van der Waals surface area (Å²) in [5, 5.41) is 12.0. The number of anilines is 1. The highest BCUT2D eigenvalue weighted by Crippen LogP contribution is 2.26. The van der Waals surface area contributed by atoms with Crippen LogP contribution in [0, 0.1) is 0 Å². The second kappa shape index (κ2) is 3.09. The van der Waals surface area contributed by atoms with E-state index in [1.807, 2.05) is 12.1 Å². The molecule has 1 aromatic rings. The minimum Gasteiger partial charge on any atom is -0.478 e. The van der Waals surface area contributed by atoms with Crippen molar-refractivity contribution in [1.29, 1.82) is 0 Å². The first-order valence-electron chi connectivity index (χ1n) is 4.36. The quantitative estimate of drug-likeness (QED) is 0.742. The molecule has 13 heavy (non-hydrogen) atoms. The molecule has 0 spiro atoms. The number of hydrogen-bond acceptors (Lipinski definition) is 2. The van der Waals surface area contributed by atoms with Gasteiger partial charge in [0.15, 0.2) is 0 Å². The van der Waals surface area contributed by atoms with Crippen LogP contribution in [0.25, 0.3) is 0 Å². The van der Waals surface area contributed by atoms with Crippen LogP contribution < -0.4 is 5.32 Å². The van der Waals surface area contributed by atoms with Crippen molar-refractivity contribution in [3.63, 3.8) is 0 Å². The third kappa shape index (κ3) is 1.80. The van der Waals surface area contributed by atoms with E-state index >= 15 is 0 Å².